The molecule has 1 aromatic carbocycles. The van der Waals surface area contributed by atoms with Crippen molar-refractivity contribution in [2.75, 3.05) is 26.7 Å². The van der Waals surface area contributed by atoms with Gasteiger partial charge in [-0.3, -0.25) is 9.48 Å². The fraction of sp³-hybridized carbons (Fsp3) is 0.526. The fourth-order valence-corrected chi connectivity index (χ4v) is 3.42. The number of carbonyl (C=O) groups excluding carboxylic acids is 1. The van der Waals surface area contributed by atoms with Gasteiger partial charge in [0.05, 0.1) is 6.54 Å². The number of benzene rings is 1. The average Bonchev–Trinajstić information content (AvgIpc) is 3.18. The van der Waals surface area contributed by atoms with E-state index in [-0.39, 0.29) is 5.91 Å². The first kappa shape index (κ1) is 17.6. The summed E-state index contributed by atoms with van der Waals surface area (Å²) in [6.45, 7) is 3.75. The van der Waals surface area contributed by atoms with Gasteiger partial charge in [0.1, 0.15) is 12.7 Å². The Morgan fingerprint density at radius 3 is 2.88 bits per heavy atom. The molecule has 1 atom stereocenters. The topological polar surface area (TPSA) is 54.3 Å². The van der Waals surface area contributed by atoms with Gasteiger partial charge < -0.3 is 9.80 Å². The third-order valence-electron chi connectivity index (χ3n) is 5.00. The number of nitrogens with zero attached hydrogens (tertiary/aromatic N) is 5. The number of piperidine rings is 1. The molecule has 0 aliphatic carbocycles. The van der Waals surface area contributed by atoms with Gasteiger partial charge >= 0.3 is 0 Å². The van der Waals surface area contributed by atoms with Gasteiger partial charge in [-0.15, -0.1) is 0 Å². The van der Waals surface area contributed by atoms with Crippen LogP contribution in [0.4, 0.5) is 0 Å². The number of likely N-dealkylation sites (tertiary alicyclic amines) is 1. The molecule has 0 saturated carbocycles. The summed E-state index contributed by atoms with van der Waals surface area (Å²) in [4.78, 5) is 20.8. The van der Waals surface area contributed by atoms with Gasteiger partial charge in [0.2, 0.25) is 5.91 Å². The molecule has 1 fully saturated rings. The van der Waals surface area contributed by atoms with Gasteiger partial charge in [0.15, 0.2) is 0 Å². The number of likely N-dealkylation sites (N-methyl/N-ethyl adjacent to an activating group) is 1. The SMILES string of the molecule is CN(C(=O)CCn1cncn1)[C@H]1CCCN(CCc2ccccc2)C1. The molecule has 1 aromatic heterocycles. The molecule has 1 aliphatic rings. The van der Waals surface area contributed by atoms with Gasteiger partial charge in [-0.1, -0.05) is 30.3 Å². The van der Waals surface area contributed by atoms with Crippen LogP contribution in [0.5, 0.6) is 0 Å². The third-order valence-corrected chi connectivity index (χ3v) is 5.00. The van der Waals surface area contributed by atoms with Crippen LogP contribution in [0.25, 0.3) is 0 Å². The highest BCUT2D eigenvalue weighted by molar-refractivity contribution is 5.76. The normalized spacial score (nSPS) is 18.2. The van der Waals surface area contributed by atoms with E-state index in [9.17, 15) is 4.79 Å². The van der Waals surface area contributed by atoms with Crippen molar-refractivity contribution in [1.29, 1.82) is 0 Å². The van der Waals surface area contributed by atoms with Crippen molar-refractivity contribution >= 4 is 5.91 Å². The van der Waals surface area contributed by atoms with Crippen molar-refractivity contribution < 1.29 is 4.79 Å². The molecular weight excluding hydrogens is 314 g/mol. The molecular formula is C19H27N5O. The molecule has 0 radical (unpaired) electrons. The lowest BCUT2D eigenvalue weighted by atomic mass is 10.0. The van der Waals surface area contributed by atoms with Crippen LogP contribution in [-0.4, -0.2) is 63.2 Å². The second-order valence-corrected chi connectivity index (χ2v) is 6.75. The summed E-state index contributed by atoms with van der Waals surface area (Å²) < 4.78 is 1.71. The first-order valence-electron chi connectivity index (χ1n) is 9.07. The number of rotatable bonds is 7. The Morgan fingerprint density at radius 1 is 1.28 bits per heavy atom. The predicted octanol–water partition coefficient (Wildman–Crippen LogP) is 1.83. The summed E-state index contributed by atoms with van der Waals surface area (Å²) in [6.07, 6.45) is 6.94. The largest absolute Gasteiger partial charge is 0.341 e. The minimum absolute atomic E-state index is 0.186. The standard InChI is InChI=1S/C19H27N5O/c1-22(19(25)10-13-24-16-20-15-21-24)18-8-5-11-23(14-18)12-9-17-6-3-2-4-7-17/h2-4,6-7,15-16,18H,5,8-14H2,1H3/t18-/m0/s1. The zero-order chi connectivity index (χ0) is 17.5. The molecule has 134 valence electrons. The van der Waals surface area contributed by atoms with Crippen molar-refractivity contribution in [2.45, 2.75) is 38.3 Å². The predicted molar refractivity (Wildman–Crippen MR) is 97.0 cm³/mol. The molecule has 3 rings (SSSR count). The molecule has 0 spiro atoms. The van der Waals surface area contributed by atoms with Crippen LogP contribution < -0.4 is 0 Å². The fourth-order valence-electron chi connectivity index (χ4n) is 3.42. The highest BCUT2D eigenvalue weighted by atomic mass is 16.2. The lowest BCUT2D eigenvalue weighted by Gasteiger charge is -2.37. The smallest absolute Gasteiger partial charge is 0.224 e. The molecule has 6 nitrogen and oxygen atoms in total. The molecule has 2 heterocycles. The quantitative estimate of drug-likeness (QED) is 0.771. The van der Waals surface area contributed by atoms with Gasteiger partial charge in [0, 0.05) is 32.6 Å². The first-order chi connectivity index (χ1) is 12.2. The van der Waals surface area contributed by atoms with E-state index in [0.717, 1.165) is 38.9 Å². The second kappa shape index (κ2) is 8.76. The Hall–Kier alpha value is -2.21. The van der Waals surface area contributed by atoms with Crippen LogP contribution in [-0.2, 0) is 17.8 Å². The maximum atomic E-state index is 12.5. The maximum Gasteiger partial charge on any atom is 0.224 e. The Labute approximate surface area is 149 Å². The molecule has 1 saturated heterocycles. The summed E-state index contributed by atoms with van der Waals surface area (Å²) in [7, 11) is 1.94. The van der Waals surface area contributed by atoms with Gasteiger partial charge in [-0.25, -0.2) is 4.98 Å². The monoisotopic (exact) mass is 341 g/mol. The van der Waals surface area contributed by atoms with Crippen molar-refractivity contribution in [2.24, 2.45) is 0 Å². The summed E-state index contributed by atoms with van der Waals surface area (Å²) in [6, 6.07) is 10.9. The maximum absolute atomic E-state index is 12.5. The Kier molecular flexibility index (Phi) is 6.17. The molecule has 0 bridgehead atoms. The summed E-state index contributed by atoms with van der Waals surface area (Å²) in [5, 5.41) is 4.05. The van der Waals surface area contributed by atoms with E-state index < -0.39 is 0 Å². The van der Waals surface area contributed by atoms with Crippen LogP contribution in [0.3, 0.4) is 0 Å². The van der Waals surface area contributed by atoms with Gasteiger partial charge in [-0.05, 0) is 31.4 Å². The molecule has 1 aliphatic heterocycles. The van der Waals surface area contributed by atoms with Gasteiger partial charge in [0.25, 0.3) is 0 Å². The molecule has 1 amide bonds. The van der Waals surface area contributed by atoms with E-state index in [2.05, 4.69) is 45.3 Å². The minimum Gasteiger partial charge on any atom is -0.341 e. The Bertz CT molecular complexity index is 643. The van der Waals surface area contributed by atoms with E-state index in [1.807, 2.05) is 11.9 Å². The number of hydrogen-bond acceptors (Lipinski definition) is 4. The highest BCUT2D eigenvalue weighted by Crippen LogP contribution is 2.16. The lowest BCUT2D eigenvalue weighted by Crippen LogP contribution is -2.49. The van der Waals surface area contributed by atoms with E-state index in [1.54, 1.807) is 11.0 Å². The van der Waals surface area contributed by atoms with E-state index in [4.69, 9.17) is 0 Å². The van der Waals surface area contributed by atoms with Crippen LogP contribution in [0.15, 0.2) is 43.0 Å². The molecule has 0 N–H and O–H groups in total. The molecule has 0 unspecified atom stereocenters. The zero-order valence-electron chi connectivity index (χ0n) is 14.9. The van der Waals surface area contributed by atoms with Crippen molar-refractivity contribution in [1.82, 2.24) is 24.6 Å². The van der Waals surface area contributed by atoms with Crippen LogP contribution in [0.1, 0.15) is 24.8 Å². The van der Waals surface area contributed by atoms with E-state index in [0.29, 0.717) is 19.0 Å². The Morgan fingerprint density at radius 2 is 2.12 bits per heavy atom. The first-order valence-corrected chi connectivity index (χ1v) is 9.07. The number of hydrogen-bond donors (Lipinski definition) is 0. The molecule has 6 heteroatoms. The van der Waals surface area contributed by atoms with Gasteiger partial charge in [-0.2, -0.15) is 5.10 Å². The van der Waals surface area contributed by atoms with Crippen molar-refractivity contribution in [3.8, 4) is 0 Å². The average molecular weight is 341 g/mol. The zero-order valence-corrected chi connectivity index (χ0v) is 14.9. The number of amides is 1. The Balaban J connectivity index is 1.45. The van der Waals surface area contributed by atoms with E-state index in [1.165, 1.54) is 11.9 Å². The number of aryl methyl sites for hydroxylation is 1. The van der Waals surface area contributed by atoms with Crippen LogP contribution in [0.2, 0.25) is 0 Å². The molecule has 25 heavy (non-hydrogen) atoms. The van der Waals surface area contributed by atoms with Crippen LogP contribution in [0, 0.1) is 0 Å². The highest BCUT2D eigenvalue weighted by Gasteiger charge is 2.25. The molecule has 2 aromatic rings. The van der Waals surface area contributed by atoms with Crippen molar-refractivity contribution in [3.63, 3.8) is 0 Å². The summed E-state index contributed by atoms with van der Waals surface area (Å²) in [5.41, 5.74) is 1.38. The second-order valence-electron chi connectivity index (χ2n) is 6.75. The van der Waals surface area contributed by atoms with Crippen molar-refractivity contribution in [3.05, 3.63) is 48.5 Å². The van der Waals surface area contributed by atoms with Crippen LogP contribution >= 0.6 is 0 Å². The number of carbonyl (C=O) groups is 1. The third kappa shape index (κ3) is 5.13. The minimum atomic E-state index is 0.186. The number of aromatic nitrogens is 3. The summed E-state index contributed by atoms with van der Waals surface area (Å²) in [5.74, 6) is 0.186. The summed E-state index contributed by atoms with van der Waals surface area (Å²) >= 11 is 0. The van der Waals surface area contributed by atoms with E-state index >= 15 is 0 Å². The lowest BCUT2D eigenvalue weighted by molar-refractivity contribution is -0.133.